The summed E-state index contributed by atoms with van der Waals surface area (Å²) < 4.78 is 11.0. The maximum atomic E-state index is 12.3. The number of hydrogen-bond donors (Lipinski definition) is 1. The van der Waals surface area contributed by atoms with Crippen LogP contribution in [0.4, 0.5) is 0 Å². The van der Waals surface area contributed by atoms with Crippen molar-refractivity contribution in [3.8, 4) is 5.75 Å². The lowest BCUT2D eigenvalue weighted by Crippen LogP contribution is -2.29. The molecule has 144 valence electrons. The predicted molar refractivity (Wildman–Crippen MR) is 108 cm³/mol. The summed E-state index contributed by atoms with van der Waals surface area (Å²) in [6.45, 7) is 3.57. The van der Waals surface area contributed by atoms with Crippen LogP contribution < -0.4 is 10.1 Å². The van der Waals surface area contributed by atoms with E-state index in [9.17, 15) is 9.59 Å². The van der Waals surface area contributed by atoms with Crippen LogP contribution in [0.5, 0.6) is 5.75 Å². The van der Waals surface area contributed by atoms with Crippen LogP contribution in [0.25, 0.3) is 6.08 Å². The van der Waals surface area contributed by atoms with Gasteiger partial charge in [-0.1, -0.05) is 23.7 Å². The highest BCUT2D eigenvalue weighted by Crippen LogP contribution is 2.23. The van der Waals surface area contributed by atoms with Crippen molar-refractivity contribution in [2.75, 3.05) is 7.11 Å². The van der Waals surface area contributed by atoms with Gasteiger partial charge in [0.1, 0.15) is 5.75 Å². The third-order valence-electron chi connectivity index (χ3n) is 3.57. The first-order valence-electron chi connectivity index (χ1n) is 8.44. The summed E-state index contributed by atoms with van der Waals surface area (Å²) in [5.74, 6) is 0.0147. The standard InChI is InChI=1S/C20H22ClNO4S/c1-13(2)26-20(24)12-17(14-4-6-15(25-3)7-5-14)22-19(23)11-9-16-8-10-18(21)27-16/h4-11,13,17H,12H2,1-3H3,(H,22,23)/b11-9+. The number of rotatable bonds is 8. The molecule has 1 heterocycles. The first-order valence-corrected chi connectivity index (χ1v) is 9.64. The number of benzene rings is 1. The van der Waals surface area contributed by atoms with Crippen molar-refractivity contribution in [1.82, 2.24) is 5.32 Å². The number of esters is 1. The highest BCUT2D eigenvalue weighted by Gasteiger charge is 2.19. The second-order valence-electron chi connectivity index (χ2n) is 6.05. The van der Waals surface area contributed by atoms with Gasteiger partial charge in [0.2, 0.25) is 5.91 Å². The Balaban J connectivity index is 2.11. The molecule has 5 nitrogen and oxygen atoms in total. The molecule has 0 aliphatic heterocycles. The van der Waals surface area contributed by atoms with Crippen molar-refractivity contribution < 1.29 is 19.1 Å². The van der Waals surface area contributed by atoms with E-state index < -0.39 is 6.04 Å². The molecule has 1 aromatic heterocycles. The number of amides is 1. The fraction of sp³-hybridized carbons (Fsp3) is 0.300. The summed E-state index contributed by atoms with van der Waals surface area (Å²) in [6.07, 6.45) is 2.93. The molecule has 1 unspecified atom stereocenters. The minimum Gasteiger partial charge on any atom is -0.497 e. The van der Waals surface area contributed by atoms with E-state index in [-0.39, 0.29) is 24.4 Å². The molecule has 0 saturated heterocycles. The number of thiophene rings is 1. The van der Waals surface area contributed by atoms with E-state index in [1.807, 2.05) is 18.2 Å². The number of halogens is 1. The van der Waals surface area contributed by atoms with Crippen molar-refractivity contribution in [2.24, 2.45) is 0 Å². The lowest BCUT2D eigenvalue weighted by atomic mass is 10.0. The summed E-state index contributed by atoms with van der Waals surface area (Å²) in [5, 5.41) is 2.86. The molecule has 27 heavy (non-hydrogen) atoms. The van der Waals surface area contributed by atoms with Crippen LogP contribution in [-0.4, -0.2) is 25.1 Å². The van der Waals surface area contributed by atoms with Gasteiger partial charge in [-0.05, 0) is 49.8 Å². The molecule has 1 amide bonds. The van der Waals surface area contributed by atoms with Gasteiger partial charge in [0.05, 0.1) is 30.0 Å². The second-order valence-corrected chi connectivity index (χ2v) is 7.80. The molecule has 1 atom stereocenters. The molecule has 0 radical (unpaired) electrons. The maximum absolute atomic E-state index is 12.3. The topological polar surface area (TPSA) is 64.6 Å². The smallest absolute Gasteiger partial charge is 0.308 e. The first-order chi connectivity index (χ1) is 12.9. The summed E-state index contributed by atoms with van der Waals surface area (Å²) in [6, 6.07) is 10.3. The van der Waals surface area contributed by atoms with Crippen LogP contribution in [-0.2, 0) is 14.3 Å². The molecular weight excluding hydrogens is 386 g/mol. The van der Waals surface area contributed by atoms with Crippen LogP contribution in [0.3, 0.4) is 0 Å². The molecule has 0 fully saturated rings. The summed E-state index contributed by atoms with van der Waals surface area (Å²) in [4.78, 5) is 25.3. The number of methoxy groups -OCH3 is 1. The van der Waals surface area contributed by atoms with Gasteiger partial charge in [-0.2, -0.15) is 0 Å². The Kier molecular flexibility index (Phi) is 7.88. The molecule has 0 bridgehead atoms. The van der Waals surface area contributed by atoms with Gasteiger partial charge in [-0.25, -0.2) is 0 Å². The van der Waals surface area contributed by atoms with Crippen molar-refractivity contribution in [1.29, 1.82) is 0 Å². The third kappa shape index (κ3) is 7.07. The van der Waals surface area contributed by atoms with Gasteiger partial charge in [0, 0.05) is 11.0 Å². The zero-order chi connectivity index (χ0) is 19.8. The van der Waals surface area contributed by atoms with Crippen molar-refractivity contribution >= 4 is 40.9 Å². The van der Waals surface area contributed by atoms with Gasteiger partial charge in [-0.15, -0.1) is 11.3 Å². The number of carbonyl (C=O) groups excluding carboxylic acids is 2. The van der Waals surface area contributed by atoms with Gasteiger partial charge in [0.25, 0.3) is 0 Å². The van der Waals surface area contributed by atoms with Crippen molar-refractivity contribution in [3.05, 3.63) is 57.3 Å². The van der Waals surface area contributed by atoms with Crippen molar-refractivity contribution in [2.45, 2.75) is 32.4 Å². The molecule has 7 heteroatoms. The monoisotopic (exact) mass is 407 g/mol. The highest BCUT2D eigenvalue weighted by molar-refractivity contribution is 7.17. The van der Waals surface area contributed by atoms with E-state index in [0.717, 1.165) is 10.4 Å². The van der Waals surface area contributed by atoms with E-state index in [2.05, 4.69) is 5.32 Å². The molecule has 1 N–H and O–H groups in total. The SMILES string of the molecule is COc1ccc(C(CC(=O)OC(C)C)NC(=O)/C=C/c2ccc(Cl)s2)cc1. The predicted octanol–water partition coefficient (Wildman–Crippen LogP) is 4.62. The Morgan fingerprint density at radius 2 is 1.89 bits per heavy atom. The zero-order valence-corrected chi connectivity index (χ0v) is 17.0. The number of nitrogens with one attached hydrogen (secondary N) is 1. The summed E-state index contributed by atoms with van der Waals surface area (Å²) in [5.41, 5.74) is 0.789. The van der Waals surface area contributed by atoms with Gasteiger partial charge in [-0.3, -0.25) is 9.59 Å². The molecule has 1 aromatic carbocycles. The number of carbonyl (C=O) groups is 2. The lowest BCUT2D eigenvalue weighted by Gasteiger charge is -2.19. The quantitative estimate of drug-likeness (QED) is 0.512. The average molecular weight is 408 g/mol. The number of ether oxygens (including phenoxy) is 2. The Morgan fingerprint density at radius 1 is 1.19 bits per heavy atom. The van der Waals surface area contributed by atoms with Gasteiger partial charge >= 0.3 is 5.97 Å². The molecule has 2 rings (SSSR count). The van der Waals surface area contributed by atoms with E-state index in [1.165, 1.54) is 17.4 Å². The van der Waals surface area contributed by atoms with Gasteiger partial charge in [0.15, 0.2) is 0 Å². The molecule has 0 spiro atoms. The van der Waals surface area contributed by atoms with Crippen LogP contribution in [0.1, 0.15) is 36.8 Å². The minimum absolute atomic E-state index is 0.0366. The van der Waals surface area contributed by atoms with E-state index in [0.29, 0.717) is 10.1 Å². The van der Waals surface area contributed by atoms with Crippen LogP contribution in [0, 0.1) is 0 Å². The molecule has 0 saturated carbocycles. The van der Waals surface area contributed by atoms with Crippen LogP contribution in [0.2, 0.25) is 4.34 Å². The normalized spacial score (nSPS) is 12.2. The average Bonchev–Trinajstić information content (AvgIpc) is 3.04. The highest BCUT2D eigenvalue weighted by atomic mass is 35.5. The second kappa shape index (κ2) is 10.1. The fourth-order valence-electron chi connectivity index (χ4n) is 2.36. The van der Waals surface area contributed by atoms with Gasteiger partial charge < -0.3 is 14.8 Å². The maximum Gasteiger partial charge on any atom is 0.308 e. The Hall–Kier alpha value is -2.31. The summed E-state index contributed by atoms with van der Waals surface area (Å²) in [7, 11) is 1.58. The molecule has 0 aliphatic rings. The third-order valence-corrected chi connectivity index (χ3v) is 4.76. The zero-order valence-electron chi connectivity index (χ0n) is 15.4. The Morgan fingerprint density at radius 3 is 2.44 bits per heavy atom. The van der Waals surface area contributed by atoms with E-state index in [4.69, 9.17) is 21.1 Å². The molecule has 2 aromatic rings. The number of hydrogen-bond acceptors (Lipinski definition) is 5. The molecule has 0 aliphatic carbocycles. The van der Waals surface area contributed by atoms with Crippen molar-refractivity contribution in [3.63, 3.8) is 0 Å². The molecular formula is C20H22ClNO4S. The van der Waals surface area contributed by atoms with Crippen LogP contribution in [0.15, 0.2) is 42.5 Å². The Labute approximate surface area is 167 Å². The lowest BCUT2D eigenvalue weighted by molar-refractivity contribution is -0.148. The summed E-state index contributed by atoms with van der Waals surface area (Å²) >= 11 is 7.26. The first kappa shape index (κ1) is 21.0. The largest absolute Gasteiger partial charge is 0.497 e. The Bertz CT molecular complexity index is 799. The van der Waals surface area contributed by atoms with Crippen LogP contribution >= 0.6 is 22.9 Å². The fourth-order valence-corrected chi connectivity index (χ4v) is 3.33. The van der Waals surface area contributed by atoms with E-state index >= 15 is 0 Å². The minimum atomic E-state index is -0.508. The van der Waals surface area contributed by atoms with E-state index in [1.54, 1.807) is 45.2 Å².